The van der Waals surface area contributed by atoms with Crippen LogP contribution in [-0.2, 0) is 97.2 Å². The molecule has 8 aliphatic rings. The summed E-state index contributed by atoms with van der Waals surface area (Å²) in [6.45, 7) is 13.6. The molecule has 149 heavy (non-hydrogen) atoms. The van der Waals surface area contributed by atoms with Crippen LogP contribution in [0.5, 0.6) is 0 Å². The van der Waals surface area contributed by atoms with Crippen molar-refractivity contribution in [3.05, 3.63) is 166 Å². The van der Waals surface area contributed by atoms with Crippen LogP contribution in [0.15, 0.2) is 115 Å². The van der Waals surface area contributed by atoms with Crippen molar-refractivity contribution >= 4 is 70.9 Å². The van der Waals surface area contributed by atoms with Crippen LogP contribution in [-0.4, -0.2) is 199 Å². The van der Waals surface area contributed by atoms with Crippen LogP contribution in [0.4, 0.5) is 103 Å². The predicted molar refractivity (Wildman–Crippen MR) is 518 cm³/mol. The Balaban J connectivity index is 0.000000186. The molecule has 3 saturated carbocycles. The summed E-state index contributed by atoms with van der Waals surface area (Å²) in [5.41, 5.74) is -5.31. The zero-order valence-electron chi connectivity index (χ0n) is 84.0. The van der Waals surface area contributed by atoms with Crippen LogP contribution in [0.25, 0.3) is 16.7 Å². The fourth-order valence-electron chi connectivity index (χ4n) is 22.8. The largest absolute Gasteiger partial charge is 0.481 e. The number of likely N-dealkylation sites (tertiary alicyclic amines) is 3. The third kappa shape index (κ3) is 29.6. The molecule has 9 heterocycles. The average Bonchev–Trinajstić information content (AvgIpc) is 0.851. The normalized spacial score (nSPS) is 24.2. The summed E-state index contributed by atoms with van der Waals surface area (Å²) in [5.74, 6) is -2.53. The third-order valence-electron chi connectivity index (χ3n) is 30.6. The summed E-state index contributed by atoms with van der Waals surface area (Å²) >= 11 is 0. The van der Waals surface area contributed by atoms with Crippen LogP contribution in [0.2, 0.25) is 0 Å². The van der Waals surface area contributed by atoms with E-state index in [1.54, 1.807) is 82.2 Å². The number of piperidine rings is 3. The molecule has 3 aromatic carbocycles. The fourth-order valence-corrected chi connectivity index (χ4v) is 22.8. The molecule has 0 radical (unpaired) electrons. The van der Waals surface area contributed by atoms with Gasteiger partial charge >= 0.3 is 55.0 Å². The zero-order valence-corrected chi connectivity index (χ0v) is 84.0. The number of aliphatic carboxylic acids is 3. The first-order valence-corrected chi connectivity index (χ1v) is 51.2. The highest BCUT2D eigenvalue weighted by Gasteiger charge is 2.50. The second-order valence-electron chi connectivity index (χ2n) is 40.5. The summed E-state index contributed by atoms with van der Waals surface area (Å²) in [4.78, 5) is 120. The summed E-state index contributed by atoms with van der Waals surface area (Å²) in [7, 11) is 1.75. The Hall–Kier alpha value is -11.8. The van der Waals surface area contributed by atoms with Gasteiger partial charge in [-0.1, -0.05) is 47.6 Å². The van der Waals surface area contributed by atoms with Crippen LogP contribution >= 0.6 is 0 Å². The number of aryl methyl sites for hydroxylation is 1. The summed E-state index contributed by atoms with van der Waals surface area (Å²) < 4.78 is 256. The van der Waals surface area contributed by atoms with Gasteiger partial charge in [0.1, 0.15) is 0 Å². The molecule has 44 heteroatoms. The zero-order chi connectivity index (χ0) is 108. The van der Waals surface area contributed by atoms with Crippen LogP contribution < -0.4 is 19.6 Å². The number of halogens is 18. The number of amides is 3. The maximum Gasteiger partial charge on any atom is 0.416 e. The number of morpholine rings is 1. The monoisotopic (exact) mass is 2110 g/mol. The molecule has 26 nitrogen and oxygen atoms in total. The van der Waals surface area contributed by atoms with Gasteiger partial charge in [-0.3, -0.25) is 38.4 Å². The third-order valence-corrected chi connectivity index (χ3v) is 30.6. The van der Waals surface area contributed by atoms with E-state index in [0.29, 0.717) is 198 Å². The molecular formula is C105H128F18N16O10. The van der Waals surface area contributed by atoms with Crippen LogP contribution in [0, 0.1) is 35.5 Å². The number of carbonyl (C=O) groups is 6. The van der Waals surface area contributed by atoms with Crippen molar-refractivity contribution in [3.8, 4) is 11.1 Å². The van der Waals surface area contributed by atoms with E-state index in [1.165, 1.54) is 0 Å². The number of carboxylic acids is 3. The maximum atomic E-state index is 14.1. The number of rotatable bonds is 30. The van der Waals surface area contributed by atoms with E-state index < -0.39 is 106 Å². The number of nitrogens with zero attached hydrogens (tertiary/aromatic N) is 16. The number of aliphatic imine (C=N–C) groups is 1. The lowest BCUT2D eigenvalue weighted by molar-refractivity contribution is -0.146. The number of alkyl halides is 18. The molecule has 15 rings (SSSR count). The smallest absolute Gasteiger partial charge is 0.416 e. The van der Waals surface area contributed by atoms with Gasteiger partial charge in [-0.05, 0) is 243 Å². The lowest BCUT2D eigenvalue weighted by atomic mass is 9.78. The average molecular weight is 2120 g/mol. The van der Waals surface area contributed by atoms with E-state index in [0.717, 1.165) is 53.2 Å². The van der Waals surface area contributed by atoms with E-state index in [-0.39, 0.29) is 181 Å². The topological polar surface area (TPSA) is 303 Å². The van der Waals surface area contributed by atoms with Gasteiger partial charge in [0, 0.05) is 191 Å². The molecule has 7 fully saturated rings. The molecule has 7 aromatic rings. The highest BCUT2D eigenvalue weighted by Crippen LogP contribution is 2.48. The lowest BCUT2D eigenvalue weighted by Gasteiger charge is -2.49. The van der Waals surface area contributed by atoms with Crippen molar-refractivity contribution in [2.45, 2.75) is 326 Å². The fraction of sp³-hybridized carbons (Fsp3) is 0.600. The Labute approximate surface area is 852 Å². The van der Waals surface area contributed by atoms with Crippen molar-refractivity contribution in [1.29, 1.82) is 0 Å². The summed E-state index contributed by atoms with van der Waals surface area (Å²) in [6, 6.07) is 2.20. The maximum absolute atomic E-state index is 14.1. The number of hydrogen-bond donors (Lipinski definition) is 3. The number of anilines is 4. The van der Waals surface area contributed by atoms with E-state index in [4.69, 9.17) is 4.74 Å². The van der Waals surface area contributed by atoms with Gasteiger partial charge in [-0.25, -0.2) is 29.9 Å². The summed E-state index contributed by atoms with van der Waals surface area (Å²) in [6.07, 6.45) is 0.356. The number of aromatic nitrogens is 8. The van der Waals surface area contributed by atoms with Crippen molar-refractivity contribution < 1.29 is 128 Å². The molecular weight excluding hydrogens is 1990 g/mol. The second kappa shape index (κ2) is 49.1. The van der Waals surface area contributed by atoms with Crippen LogP contribution in [0.3, 0.4) is 0 Å². The molecule has 814 valence electrons. The first-order valence-electron chi connectivity index (χ1n) is 51.2. The van der Waals surface area contributed by atoms with Crippen molar-refractivity contribution in [2.75, 3.05) is 52.4 Å². The Morgan fingerprint density at radius 3 is 0.866 bits per heavy atom. The number of allylic oxidation sites excluding steroid dienone is 1. The minimum atomic E-state index is -5.00. The Bertz CT molecular complexity index is 5600. The second-order valence-corrected chi connectivity index (χ2v) is 40.5. The van der Waals surface area contributed by atoms with Crippen LogP contribution in [0.1, 0.15) is 271 Å². The minimum absolute atomic E-state index is 0.0206. The molecule has 3 amide bonds. The van der Waals surface area contributed by atoms with E-state index in [9.17, 15) is 123 Å². The van der Waals surface area contributed by atoms with Crippen molar-refractivity contribution in [3.63, 3.8) is 0 Å². The Kier molecular flexibility index (Phi) is 37.7. The molecule has 5 aliphatic heterocycles. The lowest BCUT2D eigenvalue weighted by Crippen LogP contribution is -2.58. The van der Waals surface area contributed by atoms with Gasteiger partial charge in [0.05, 0.1) is 77.4 Å². The SMILES string of the molecule is CC[C@@H]1CC(N(Cc2cc(C(F)(F)F)cc(C(F)(F)F)c2)c2ncc(-c3cnn(C)c3)cn2)C[C@H](CC)N1C(=O)C1CCC(CC(=O)O)CC1.CC[C@@H]1CC(N(Cc2cc(C(F)(F)F)cc(C(F)(F)F)c2)c2ncc(C3=CCN=C3)cn2)C[C@H](CC)N1C(=O)C1CCC(CC(=O)O)CC1.CC[C@@H]1CC(N(Cc2cc(C(F)(F)F)cc(C(F)(F)F)c2)c2ncc(N3CCOCC3)cn2)C[C@H](CC)N1C(=O)C1CCC(CC(=O)O)CC1. The van der Waals surface area contributed by atoms with Gasteiger partial charge in [0.2, 0.25) is 35.6 Å². The molecule has 0 spiro atoms. The molecule has 4 aromatic heterocycles. The van der Waals surface area contributed by atoms with Gasteiger partial charge in [-0.15, -0.1) is 0 Å². The van der Waals surface area contributed by atoms with E-state index >= 15 is 0 Å². The predicted octanol–water partition coefficient (Wildman–Crippen LogP) is 22.8. The number of carbonyl (C=O) groups excluding carboxylic acids is 3. The number of carboxylic acid groups (broad SMARTS) is 3. The number of benzene rings is 3. The molecule has 3 unspecified atom stereocenters. The first kappa shape index (κ1) is 114. The van der Waals surface area contributed by atoms with Crippen molar-refractivity contribution in [2.24, 2.45) is 47.5 Å². The van der Waals surface area contributed by atoms with Gasteiger partial charge in [0.25, 0.3) is 0 Å². The number of ether oxygens (including phenoxy) is 1. The highest BCUT2D eigenvalue weighted by atomic mass is 19.4. The standard InChI is InChI=1S/C35H42F6N6O3.C35H45F6N5O4.C35H41F6N5O3/c1-4-28-14-30(15-29(5-2)47(28)32(50)23-8-6-21(7-9-23)12-31(48)49)46(33-42-16-24(17-43-33)25-18-44-45(3)20-25)19-22-10-26(34(36,37)38)13-27(11-22)35(39,40)41;1-3-27-17-29(18-28(4-2)46(27)32(49)24-7-5-22(6-8-24)15-31(47)48)45(33-42-19-30(20-43-33)44-9-11-50-12-10-44)21-23-13-25(34(36,37)38)16-26(14-23)35(39,40)41;1-3-28-15-30(16-29(4-2)46(28)32(49)23-7-5-21(6-8-23)13-31(47)48)45(33-43-18-25(19-44-33)24-9-10-42-17-24)20-22-11-26(34(36,37)38)14-27(12-22)35(39,40)41/h10-11,13,16-18,20-21,23,28-30H,4-9,12,14-15,19H2,1-3H3,(H,48,49);13-14,16,19-20,22,24,27-29H,3-12,15,17-18,21H2,1-2H3,(H,47,48);9,11-12,14,17-19,21,23,28-30H,3-8,10,13,15-16,20H2,1-2H3,(H,47,48)/t21?,23?,28-,29+,30?;22?,24?,27-,28+,29?;21?,23?,28-,29+,30?. The molecule has 0 bridgehead atoms. The minimum Gasteiger partial charge on any atom is -0.481 e. The van der Waals surface area contributed by atoms with Gasteiger partial charge in [0.15, 0.2) is 0 Å². The van der Waals surface area contributed by atoms with Gasteiger partial charge < -0.3 is 54.4 Å². The molecule has 4 saturated heterocycles. The first-order chi connectivity index (χ1) is 70.4. The summed E-state index contributed by atoms with van der Waals surface area (Å²) in [5, 5.41) is 31.7. The highest BCUT2D eigenvalue weighted by molar-refractivity contribution is 6.11. The van der Waals surface area contributed by atoms with Gasteiger partial charge in [-0.2, -0.15) is 84.1 Å². The molecule has 3 aliphatic carbocycles. The molecule has 3 N–H and O–H groups in total. The van der Waals surface area contributed by atoms with E-state index in [1.807, 2.05) is 67.2 Å². The Morgan fingerprint density at radius 1 is 0.362 bits per heavy atom. The van der Waals surface area contributed by atoms with E-state index in [2.05, 4.69) is 40.0 Å². The quantitative estimate of drug-likeness (QED) is 0.0352. The number of hydrogen-bond acceptors (Lipinski definition) is 19. The Morgan fingerprint density at radius 2 is 0.631 bits per heavy atom. The van der Waals surface area contributed by atoms with Crippen molar-refractivity contribution in [1.82, 2.24) is 54.4 Å². The molecule has 9 atom stereocenters.